The Kier molecular flexibility index (Phi) is 7.63. The van der Waals surface area contributed by atoms with Crippen molar-refractivity contribution in [2.45, 2.75) is 32.8 Å². The molecule has 7 nitrogen and oxygen atoms in total. The number of hydrogen-bond donors (Lipinski definition) is 0. The Morgan fingerprint density at radius 2 is 1.80 bits per heavy atom. The fraction of sp³-hybridized carbons (Fsp3) is 0.250. The first kappa shape index (κ1) is 23.8. The minimum absolute atomic E-state index is 0.218. The average Bonchev–Trinajstić information content (AvgIpc) is 3.36. The summed E-state index contributed by atoms with van der Waals surface area (Å²) in [4.78, 5) is 16.3. The van der Waals surface area contributed by atoms with Gasteiger partial charge in [-0.2, -0.15) is 5.10 Å². The van der Waals surface area contributed by atoms with Gasteiger partial charge < -0.3 is 14.2 Å². The van der Waals surface area contributed by atoms with Gasteiger partial charge in [-0.15, -0.1) is 5.92 Å². The van der Waals surface area contributed by atoms with Gasteiger partial charge in [0.25, 0.3) is 0 Å². The highest BCUT2D eigenvalue weighted by molar-refractivity contribution is 5.71. The van der Waals surface area contributed by atoms with Crippen LogP contribution in [0.25, 0.3) is 16.8 Å². The summed E-state index contributed by atoms with van der Waals surface area (Å²) in [6.07, 6.45) is 3.70. The van der Waals surface area contributed by atoms with Gasteiger partial charge in [0, 0.05) is 17.3 Å². The van der Waals surface area contributed by atoms with Crippen molar-refractivity contribution in [1.29, 1.82) is 0 Å². The summed E-state index contributed by atoms with van der Waals surface area (Å²) >= 11 is 0. The Hall–Kier alpha value is -4.31. The molecule has 35 heavy (non-hydrogen) atoms. The van der Waals surface area contributed by atoms with E-state index in [1.807, 2.05) is 54.7 Å². The van der Waals surface area contributed by atoms with Crippen molar-refractivity contribution in [1.82, 2.24) is 14.6 Å². The molecule has 0 radical (unpaired) electrons. The molecule has 2 aromatic carbocycles. The Balaban J connectivity index is 1.51. The molecule has 4 aromatic rings. The summed E-state index contributed by atoms with van der Waals surface area (Å²) in [6, 6.07) is 17.6. The number of rotatable bonds is 9. The predicted molar refractivity (Wildman–Crippen MR) is 133 cm³/mol. The molecule has 0 fully saturated rings. The van der Waals surface area contributed by atoms with Gasteiger partial charge in [-0.1, -0.05) is 30.2 Å². The lowest BCUT2D eigenvalue weighted by molar-refractivity contribution is -0.143. The van der Waals surface area contributed by atoms with E-state index in [1.165, 1.54) is 6.33 Å². The number of nitrogens with zero attached hydrogens (tertiary/aromatic N) is 3. The van der Waals surface area contributed by atoms with E-state index in [-0.39, 0.29) is 18.3 Å². The number of fused-ring (bicyclic) bond motifs is 1. The van der Waals surface area contributed by atoms with Crippen LogP contribution in [0.2, 0.25) is 0 Å². The summed E-state index contributed by atoms with van der Waals surface area (Å²) in [5.74, 6) is 7.04. The van der Waals surface area contributed by atoms with Crippen LogP contribution < -0.4 is 9.47 Å². The normalized spacial score (nSPS) is 11.4. The van der Waals surface area contributed by atoms with Gasteiger partial charge in [0.1, 0.15) is 24.4 Å². The molecule has 4 rings (SSSR count). The molecule has 0 bridgehead atoms. The zero-order valence-electron chi connectivity index (χ0n) is 20.0. The third kappa shape index (κ3) is 5.79. The second kappa shape index (κ2) is 11.2. The van der Waals surface area contributed by atoms with Crippen molar-refractivity contribution >= 4 is 11.6 Å². The minimum Gasteiger partial charge on any atom is -0.497 e. The second-order valence-corrected chi connectivity index (χ2v) is 7.82. The zero-order chi connectivity index (χ0) is 24.6. The summed E-state index contributed by atoms with van der Waals surface area (Å²) in [6.45, 7) is 4.24. The van der Waals surface area contributed by atoms with Crippen LogP contribution in [0.4, 0.5) is 0 Å². The van der Waals surface area contributed by atoms with Crippen LogP contribution in [-0.4, -0.2) is 34.3 Å². The van der Waals surface area contributed by atoms with E-state index >= 15 is 0 Å². The lowest BCUT2D eigenvalue weighted by Crippen LogP contribution is -2.09. The smallest absolute Gasteiger partial charge is 0.307 e. The monoisotopic (exact) mass is 469 g/mol. The van der Waals surface area contributed by atoms with Crippen molar-refractivity contribution in [3.05, 3.63) is 78.2 Å². The Labute approximate surface area is 204 Å². The van der Waals surface area contributed by atoms with Gasteiger partial charge in [-0.25, -0.2) is 9.50 Å². The highest BCUT2D eigenvalue weighted by Gasteiger charge is 2.15. The molecule has 0 saturated carbocycles. The lowest BCUT2D eigenvalue weighted by Gasteiger charge is -2.13. The fourth-order valence-electron chi connectivity index (χ4n) is 3.81. The molecule has 0 aliphatic heterocycles. The molecule has 0 aliphatic rings. The Morgan fingerprint density at radius 1 is 1.06 bits per heavy atom. The SMILES string of the molecule is CC#CC(CC(=O)OCC)c1ccc(OCc2cc(-c3ccc(OC)cc3)cn3ncnc23)cc1. The van der Waals surface area contributed by atoms with Gasteiger partial charge in [0.15, 0.2) is 5.65 Å². The third-order valence-corrected chi connectivity index (χ3v) is 5.55. The molecule has 7 heteroatoms. The zero-order valence-corrected chi connectivity index (χ0v) is 20.0. The summed E-state index contributed by atoms with van der Waals surface area (Å²) in [5, 5.41) is 4.31. The molecule has 2 heterocycles. The van der Waals surface area contributed by atoms with Crippen LogP contribution in [0, 0.1) is 11.8 Å². The highest BCUT2D eigenvalue weighted by Crippen LogP contribution is 2.26. The van der Waals surface area contributed by atoms with Gasteiger partial charge in [0.2, 0.25) is 0 Å². The average molecular weight is 470 g/mol. The van der Waals surface area contributed by atoms with E-state index in [2.05, 4.69) is 28.0 Å². The van der Waals surface area contributed by atoms with Crippen LogP contribution in [0.5, 0.6) is 11.5 Å². The van der Waals surface area contributed by atoms with Crippen LogP contribution in [-0.2, 0) is 16.1 Å². The van der Waals surface area contributed by atoms with Crippen LogP contribution >= 0.6 is 0 Å². The number of ether oxygens (including phenoxy) is 3. The number of carbonyl (C=O) groups is 1. The molecule has 0 saturated heterocycles. The first-order valence-electron chi connectivity index (χ1n) is 11.4. The van der Waals surface area contributed by atoms with Crippen LogP contribution in [0.3, 0.4) is 0 Å². The maximum absolute atomic E-state index is 11.9. The predicted octanol–water partition coefficient (Wildman–Crippen LogP) is 5.04. The Bertz CT molecular complexity index is 1350. The second-order valence-electron chi connectivity index (χ2n) is 7.82. The van der Waals surface area contributed by atoms with Crippen molar-refractivity contribution in [2.75, 3.05) is 13.7 Å². The van der Waals surface area contributed by atoms with Gasteiger partial charge in [-0.05, 0) is 55.3 Å². The quantitative estimate of drug-likeness (QED) is 0.252. The van der Waals surface area contributed by atoms with Gasteiger partial charge in [-0.3, -0.25) is 4.79 Å². The minimum atomic E-state index is -0.255. The van der Waals surface area contributed by atoms with E-state index in [4.69, 9.17) is 14.2 Å². The van der Waals surface area contributed by atoms with E-state index in [1.54, 1.807) is 25.5 Å². The van der Waals surface area contributed by atoms with Crippen molar-refractivity contribution in [3.63, 3.8) is 0 Å². The first-order chi connectivity index (χ1) is 17.1. The first-order valence-corrected chi connectivity index (χ1v) is 11.4. The topological polar surface area (TPSA) is 75.0 Å². The maximum atomic E-state index is 11.9. The molecule has 178 valence electrons. The molecule has 0 spiro atoms. The lowest BCUT2D eigenvalue weighted by atomic mass is 9.96. The van der Waals surface area contributed by atoms with Crippen LogP contribution in [0.1, 0.15) is 37.3 Å². The molecule has 1 unspecified atom stereocenters. The number of pyridine rings is 1. The number of methoxy groups -OCH3 is 1. The molecular weight excluding hydrogens is 442 g/mol. The van der Waals surface area contributed by atoms with Crippen molar-refractivity contribution in [2.24, 2.45) is 0 Å². The van der Waals surface area contributed by atoms with Gasteiger partial charge in [0.05, 0.1) is 26.1 Å². The number of esters is 1. The molecule has 0 N–H and O–H groups in total. The largest absolute Gasteiger partial charge is 0.497 e. The standard InChI is InChI=1S/C28H27N3O4/c1-4-6-22(16-27(32)34-5-2)20-9-13-26(14-10-20)35-18-24-15-23(17-31-28(24)29-19-30-31)21-7-11-25(33-3)12-8-21/h7-15,17,19,22H,5,16,18H2,1-3H3. The molecule has 0 amide bonds. The number of benzene rings is 2. The summed E-state index contributed by atoms with van der Waals surface area (Å²) in [7, 11) is 1.65. The summed E-state index contributed by atoms with van der Waals surface area (Å²) in [5.41, 5.74) is 4.64. The van der Waals surface area contributed by atoms with E-state index in [0.29, 0.717) is 19.0 Å². The maximum Gasteiger partial charge on any atom is 0.307 e. The third-order valence-electron chi connectivity index (χ3n) is 5.55. The number of hydrogen-bond acceptors (Lipinski definition) is 6. The van der Waals surface area contributed by atoms with E-state index < -0.39 is 0 Å². The number of aromatic nitrogens is 3. The fourth-order valence-corrected chi connectivity index (χ4v) is 3.81. The van der Waals surface area contributed by atoms with Crippen molar-refractivity contribution in [3.8, 4) is 34.5 Å². The Morgan fingerprint density at radius 3 is 2.49 bits per heavy atom. The molecular formula is C28H27N3O4. The van der Waals surface area contributed by atoms with E-state index in [9.17, 15) is 4.79 Å². The molecule has 1 atom stereocenters. The summed E-state index contributed by atoms with van der Waals surface area (Å²) < 4.78 is 18.2. The number of carbonyl (C=O) groups excluding carboxylic acids is 1. The van der Waals surface area contributed by atoms with Crippen LogP contribution in [0.15, 0.2) is 67.1 Å². The van der Waals surface area contributed by atoms with Crippen molar-refractivity contribution < 1.29 is 19.0 Å². The van der Waals surface area contributed by atoms with E-state index in [0.717, 1.165) is 33.7 Å². The molecule has 2 aromatic heterocycles. The van der Waals surface area contributed by atoms with Gasteiger partial charge >= 0.3 is 5.97 Å². The molecule has 0 aliphatic carbocycles. The highest BCUT2D eigenvalue weighted by atomic mass is 16.5.